The molecule has 2 fully saturated rings. The maximum atomic E-state index is 13.0. The van der Waals surface area contributed by atoms with Gasteiger partial charge in [-0.1, -0.05) is 19.8 Å². The monoisotopic (exact) mass is 477 g/mol. The molecule has 1 aromatic rings. The zero-order valence-corrected chi connectivity index (χ0v) is 21.2. The summed E-state index contributed by atoms with van der Waals surface area (Å²) in [5.74, 6) is 0.395. The molecule has 192 valence electrons. The number of carbonyl (C=O) groups is 2. The Bertz CT molecular complexity index is 773. The topological polar surface area (TPSA) is 93.4 Å². The molecule has 2 aliphatic heterocycles. The van der Waals surface area contributed by atoms with Crippen molar-refractivity contribution in [3.8, 4) is 0 Å². The molecule has 9 heteroatoms. The van der Waals surface area contributed by atoms with Crippen molar-refractivity contribution in [1.82, 2.24) is 24.6 Å². The van der Waals surface area contributed by atoms with Gasteiger partial charge in [0.05, 0.1) is 18.6 Å². The standard InChI is InChI=1S/C25H43N5O4/c1-4-7-10-21(31)17-27-12-14-28(15-13-27)18-23-26-22(19-34-23)25(33)30-11-8-9-20(16-30)24(32)29(5-2)6-3/h19-21,31H,4-18H2,1-3H3. The molecule has 0 aliphatic carbocycles. The number of β-amino-alcohol motifs (C(OH)–C–C–N with tert-alkyl or cyclic N) is 1. The largest absolute Gasteiger partial charge is 0.447 e. The Kier molecular flexibility index (Phi) is 10.3. The molecule has 3 rings (SSSR count). The number of carbonyl (C=O) groups excluding carboxylic acids is 2. The molecule has 2 saturated heterocycles. The lowest BCUT2D eigenvalue weighted by molar-refractivity contribution is -0.136. The number of unbranched alkanes of at least 4 members (excludes halogenated alkanes) is 1. The molecule has 9 nitrogen and oxygen atoms in total. The van der Waals surface area contributed by atoms with Crippen molar-refractivity contribution in [2.75, 3.05) is 58.9 Å². The molecule has 2 atom stereocenters. The SMILES string of the molecule is CCCCC(O)CN1CCN(Cc2nc(C(=O)N3CCCC(C(=O)N(CC)CC)C3)co2)CC1. The molecule has 1 aromatic heterocycles. The quantitative estimate of drug-likeness (QED) is 0.521. The van der Waals surface area contributed by atoms with E-state index in [4.69, 9.17) is 4.42 Å². The summed E-state index contributed by atoms with van der Waals surface area (Å²) < 4.78 is 5.63. The van der Waals surface area contributed by atoms with Gasteiger partial charge in [0.15, 0.2) is 5.69 Å². The minimum Gasteiger partial charge on any atom is -0.447 e. The fourth-order valence-electron chi connectivity index (χ4n) is 4.95. The molecule has 0 spiro atoms. The molecule has 0 saturated carbocycles. The second-order valence-corrected chi connectivity index (χ2v) is 9.60. The summed E-state index contributed by atoms with van der Waals surface area (Å²) in [6.07, 6.45) is 5.90. The number of hydrogen-bond donors (Lipinski definition) is 1. The van der Waals surface area contributed by atoms with E-state index in [2.05, 4.69) is 21.7 Å². The maximum Gasteiger partial charge on any atom is 0.275 e. The van der Waals surface area contributed by atoms with Crippen LogP contribution in [0.4, 0.5) is 0 Å². The summed E-state index contributed by atoms with van der Waals surface area (Å²) in [6.45, 7) is 13.5. The van der Waals surface area contributed by atoms with Crippen LogP contribution in [0.2, 0.25) is 0 Å². The van der Waals surface area contributed by atoms with Gasteiger partial charge in [-0.2, -0.15) is 0 Å². The van der Waals surface area contributed by atoms with E-state index in [-0.39, 0.29) is 23.8 Å². The molecule has 0 radical (unpaired) electrons. The number of oxazole rings is 1. The fourth-order valence-corrected chi connectivity index (χ4v) is 4.95. The van der Waals surface area contributed by atoms with Gasteiger partial charge in [-0.25, -0.2) is 4.98 Å². The third-order valence-electron chi connectivity index (χ3n) is 7.09. The Hall–Kier alpha value is -1.97. The van der Waals surface area contributed by atoms with Gasteiger partial charge in [0.25, 0.3) is 5.91 Å². The van der Waals surface area contributed by atoms with Gasteiger partial charge >= 0.3 is 0 Å². The number of aliphatic hydroxyl groups is 1. The van der Waals surface area contributed by atoms with E-state index in [1.807, 2.05) is 18.7 Å². The first-order valence-corrected chi connectivity index (χ1v) is 13.1. The highest BCUT2D eigenvalue weighted by molar-refractivity contribution is 5.92. The highest BCUT2D eigenvalue weighted by atomic mass is 16.3. The number of rotatable bonds is 11. The van der Waals surface area contributed by atoms with Crippen molar-refractivity contribution < 1.29 is 19.1 Å². The van der Waals surface area contributed by atoms with Gasteiger partial charge in [0.1, 0.15) is 6.26 Å². The zero-order chi connectivity index (χ0) is 24.5. The number of amides is 2. The average molecular weight is 478 g/mol. The molecule has 2 unspecified atom stereocenters. The number of aromatic nitrogens is 1. The number of aliphatic hydroxyl groups excluding tert-OH is 1. The van der Waals surface area contributed by atoms with Crippen LogP contribution in [-0.2, 0) is 11.3 Å². The number of nitrogens with zero attached hydrogens (tertiary/aromatic N) is 5. The first-order chi connectivity index (χ1) is 16.4. The number of likely N-dealkylation sites (tertiary alicyclic amines) is 1. The lowest BCUT2D eigenvalue weighted by atomic mass is 9.96. The predicted octanol–water partition coefficient (Wildman–Crippen LogP) is 2.06. The minimum absolute atomic E-state index is 0.138. The van der Waals surface area contributed by atoms with Crippen molar-refractivity contribution in [3.05, 3.63) is 17.8 Å². The molecule has 0 bridgehead atoms. The molecular formula is C25H43N5O4. The van der Waals surface area contributed by atoms with Crippen LogP contribution >= 0.6 is 0 Å². The molecule has 2 amide bonds. The summed E-state index contributed by atoms with van der Waals surface area (Å²) in [7, 11) is 0. The summed E-state index contributed by atoms with van der Waals surface area (Å²) in [4.78, 5) is 38.4. The Morgan fingerprint density at radius 3 is 2.53 bits per heavy atom. The smallest absolute Gasteiger partial charge is 0.275 e. The van der Waals surface area contributed by atoms with E-state index in [1.165, 1.54) is 6.26 Å². The Balaban J connectivity index is 1.47. The molecule has 2 aliphatic rings. The zero-order valence-electron chi connectivity index (χ0n) is 21.2. The third kappa shape index (κ3) is 7.26. The Labute approximate surface area is 204 Å². The Morgan fingerprint density at radius 1 is 1.15 bits per heavy atom. The van der Waals surface area contributed by atoms with E-state index in [9.17, 15) is 14.7 Å². The van der Waals surface area contributed by atoms with Crippen LogP contribution in [0, 0.1) is 5.92 Å². The molecular weight excluding hydrogens is 434 g/mol. The van der Waals surface area contributed by atoms with E-state index < -0.39 is 0 Å². The highest BCUT2D eigenvalue weighted by Gasteiger charge is 2.32. The predicted molar refractivity (Wildman–Crippen MR) is 130 cm³/mol. The van der Waals surface area contributed by atoms with Crippen LogP contribution in [0.25, 0.3) is 0 Å². The van der Waals surface area contributed by atoms with Crippen LogP contribution in [0.1, 0.15) is 69.3 Å². The number of hydrogen-bond acceptors (Lipinski definition) is 7. The van der Waals surface area contributed by atoms with Crippen LogP contribution in [0.15, 0.2) is 10.7 Å². The molecule has 3 heterocycles. The summed E-state index contributed by atoms with van der Waals surface area (Å²) in [6, 6.07) is 0. The number of piperazine rings is 1. The first kappa shape index (κ1) is 26.6. The summed E-state index contributed by atoms with van der Waals surface area (Å²) in [5, 5.41) is 10.2. The van der Waals surface area contributed by atoms with Crippen LogP contribution in [0.3, 0.4) is 0 Å². The Morgan fingerprint density at radius 2 is 1.85 bits per heavy atom. The average Bonchev–Trinajstić information content (AvgIpc) is 3.32. The first-order valence-electron chi connectivity index (χ1n) is 13.1. The van der Waals surface area contributed by atoms with Gasteiger partial charge in [0, 0.05) is 58.9 Å². The van der Waals surface area contributed by atoms with E-state index in [0.717, 1.165) is 64.8 Å². The fraction of sp³-hybridized carbons (Fsp3) is 0.800. The van der Waals surface area contributed by atoms with Gasteiger partial charge in [-0.05, 0) is 33.1 Å². The molecule has 34 heavy (non-hydrogen) atoms. The van der Waals surface area contributed by atoms with E-state index in [0.29, 0.717) is 44.3 Å². The lowest BCUT2D eigenvalue weighted by Crippen LogP contribution is -2.48. The van der Waals surface area contributed by atoms with Gasteiger partial charge in [-0.3, -0.25) is 19.4 Å². The van der Waals surface area contributed by atoms with Gasteiger partial charge < -0.3 is 19.3 Å². The van der Waals surface area contributed by atoms with Crippen LogP contribution in [-0.4, -0.2) is 107 Å². The third-order valence-corrected chi connectivity index (χ3v) is 7.09. The van der Waals surface area contributed by atoms with Gasteiger partial charge in [-0.15, -0.1) is 0 Å². The molecule has 0 aromatic carbocycles. The summed E-state index contributed by atoms with van der Waals surface area (Å²) >= 11 is 0. The van der Waals surface area contributed by atoms with E-state index in [1.54, 1.807) is 4.90 Å². The van der Waals surface area contributed by atoms with E-state index >= 15 is 0 Å². The maximum absolute atomic E-state index is 13.0. The second-order valence-electron chi connectivity index (χ2n) is 9.60. The van der Waals surface area contributed by atoms with Gasteiger partial charge in [0.2, 0.25) is 11.8 Å². The van der Waals surface area contributed by atoms with Crippen molar-refractivity contribution >= 4 is 11.8 Å². The highest BCUT2D eigenvalue weighted by Crippen LogP contribution is 2.21. The van der Waals surface area contributed by atoms with Crippen molar-refractivity contribution in [2.24, 2.45) is 5.92 Å². The minimum atomic E-state index is -0.247. The van der Waals surface area contributed by atoms with Crippen molar-refractivity contribution in [2.45, 2.75) is 65.5 Å². The number of piperidine rings is 1. The second kappa shape index (κ2) is 13.2. The summed E-state index contributed by atoms with van der Waals surface area (Å²) in [5.41, 5.74) is 0.323. The van der Waals surface area contributed by atoms with Crippen molar-refractivity contribution in [3.63, 3.8) is 0 Å². The van der Waals surface area contributed by atoms with Crippen molar-refractivity contribution in [1.29, 1.82) is 0 Å². The lowest BCUT2D eigenvalue weighted by Gasteiger charge is -2.35. The van der Waals surface area contributed by atoms with Crippen LogP contribution < -0.4 is 0 Å². The molecule has 1 N–H and O–H groups in total. The van der Waals surface area contributed by atoms with Crippen LogP contribution in [0.5, 0.6) is 0 Å². The normalized spacial score (nSPS) is 20.9.